The molecule has 1 fully saturated rings. The number of aliphatic hydroxyl groups is 1. The molecule has 1 aliphatic carbocycles. The fourth-order valence-corrected chi connectivity index (χ4v) is 2.56. The first-order valence-electron chi connectivity index (χ1n) is 5.93. The van der Waals surface area contributed by atoms with Crippen LogP contribution in [0.25, 0.3) is 0 Å². The Morgan fingerprint density at radius 3 is 2.17 bits per heavy atom. The van der Waals surface area contributed by atoms with Crippen molar-refractivity contribution in [1.29, 1.82) is 0 Å². The number of ether oxygens (including phenoxy) is 2. The Hall–Kier alpha value is -0.780. The van der Waals surface area contributed by atoms with Crippen LogP contribution in [-0.2, 0) is 0 Å². The maximum absolute atomic E-state index is 10.1. The number of benzene rings is 1. The molecule has 4 nitrogen and oxygen atoms in total. The summed E-state index contributed by atoms with van der Waals surface area (Å²) in [5.74, 6) is 1.64. The van der Waals surface area contributed by atoms with Crippen LogP contribution in [0.2, 0.25) is 0 Å². The molecular formula is C13H18BrNO3. The Balaban J connectivity index is 2.31. The van der Waals surface area contributed by atoms with Gasteiger partial charge in [0.1, 0.15) is 16.0 Å². The van der Waals surface area contributed by atoms with Crippen LogP contribution >= 0.6 is 15.9 Å². The molecule has 1 saturated carbocycles. The van der Waals surface area contributed by atoms with Gasteiger partial charge in [-0.25, -0.2) is 0 Å². The van der Waals surface area contributed by atoms with Crippen LogP contribution in [0, 0.1) is 5.92 Å². The van der Waals surface area contributed by atoms with Crippen molar-refractivity contribution in [2.24, 2.45) is 11.7 Å². The third-order valence-electron chi connectivity index (χ3n) is 3.33. The van der Waals surface area contributed by atoms with E-state index < -0.39 is 12.1 Å². The van der Waals surface area contributed by atoms with Crippen LogP contribution in [0.4, 0.5) is 0 Å². The Labute approximate surface area is 115 Å². The van der Waals surface area contributed by atoms with E-state index in [0.717, 1.165) is 22.9 Å². The molecular weight excluding hydrogens is 298 g/mol. The summed E-state index contributed by atoms with van der Waals surface area (Å²) in [5, 5.41) is 10.1. The lowest BCUT2D eigenvalue weighted by Crippen LogP contribution is -2.27. The van der Waals surface area contributed by atoms with Crippen molar-refractivity contribution in [2.75, 3.05) is 14.2 Å². The molecule has 0 saturated heterocycles. The fourth-order valence-electron chi connectivity index (χ4n) is 2.01. The molecule has 100 valence electrons. The normalized spacial score (nSPS) is 18.3. The van der Waals surface area contributed by atoms with Gasteiger partial charge in [0.25, 0.3) is 0 Å². The highest BCUT2D eigenvalue weighted by atomic mass is 79.9. The predicted octanol–water partition coefficient (Wildman–Crippen LogP) is 2.24. The lowest BCUT2D eigenvalue weighted by Gasteiger charge is -2.20. The third-order valence-corrected chi connectivity index (χ3v) is 4.11. The third kappa shape index (κ3) is 2.63. The Bertz CT molecular complexity index is 409. The van der Waals surface area contributed by atoms with Crippen molar-refractivity contribution in [1.82, 2.24) is 0 Å². The summed E-state index contributed by atoms with van der Waals surface area (Å²) in [6.07, 6.45) is 1.61. The second-order valence-electron chi connectivity index (χ2n) is 4.59. The molecule has 1 aliphatic rings. The summed E-state index contributed by atoms with van der Waals surface area (Å²) < 4.78 is 11.3. The maximum Gasteiger partial charge on any atom is 0.137 e. The minimum atomic E-state index is -0.499. The molecule has 5 heteroatoms. The molecule has 0 unspecified atom stereocenters. The van der Waals surface area contributed by atoms with Crippen molar-refractivity contribution in [2.45, 2.75) is 25.0 Å². The summed E-state index contributed by atoms with van der Waals surface area (Å²) in [7, 11) is 3.18. The van der Waals surface area contributed by atoms with Gasteiger partial charge in [-0.2, -0.15) is 0 Å². The second-order valence-corrected chi connectivity index (χ2v) is 5.39. The second kappa shape index (κ2) is 5.47. The molecule has 0 aromatic heterocycles. The molecule has 0 amide bonds. The average molecular weight is 316 g/mol. The average Bonchev–Trinajstić information content (AvgIpc) is 3.21. The number of hydrogen-bond donors (Lipinski definition) is 2. The van der Waals surface area contributed by atoms with Gasteiger partial charge in [-0.3, -0.25) is 0 Å². The standard InChI is InChI=1S/C13H18BrNO3/c1-17-9-5-8(6-10(18-2)11(9)14)12(15)13(16)7-3-4-7/h5-7,12-13,16H,3-4,15H2,1-2H3/t12-,13+/m1/s1. The first-order valence-corrected chi connectivity index (χ1v) is 6.72. The summed E-state index contributed by atoms with van der Waals surface area (Å²) in [6, 6.07) is 3.26. The molecule has 18 heavy (non-hydrogen) atoms. The summed E-state index contributed by atoms with van der Waals surface area (Å²) >= 11 is 3.41. The van der Waals surface area contributed by atoms with Crippen LogP contribution in [0.1, 0.15) is 24.4 Å². The minimum Gasteiger partial charge on any atom is -0.495 e. The van der Waals surface area contributed by atoms with Crippen molar-refractivity contribution < 1.29 is 14.6 Å². The lowest BCUT2D eigenvalue weighted by molar-refractivity contribution is 0.122. The molecule has 0 bridgehead atoms. The Morgan fingerprint density at radius 1 is 1.28 bits per heavy atom. The molecule has 3 N–H and O–H groups in total. The van der Waals surface area contributed by atoms with Crippen LogP contribution in [0.5, 0.6) is 11.5 Å². The first-order chi connectivity index (χ1) is 8.58. The fraction of sp³-hybridized carbons (Fsp3) is 0.538. The van der Waals surface area contributed by atoms with E-state index in [-0.39, 0.29) is 0 Å². The van der Waals surface area contributed by atoms with E-state index in [9.17, 15) is 5.11 Å². The maximum atomic E-state index is 10.1. The van der Waals surface area contributed by atoms with Crippen molar-refractivity contribution >= 4 is 15.9 Å². The van der Waals surface area contributed by atoms with Crippen LogP contribution < -0.4 is 15.2 Å². The Morgan fingerprint density at radius 2 is 1.78 bits per heavy atom. The summed E-state index contributed by atoms with van der Waals surface area (Å²) in [6.45, 7) is 0. The number of rotatable bonds is 5. The van der Waals surface area contributed by atoms with E-state index in [4.69, 9.17) is 15.2 Å². The summed E-state index contributed by atoms with van der Waals surface area (Å²) in [5.41, 5.74) is 6.93. The highest BCUT2D eigenvalue weighted by molar-refractivity contribution is 9.10. The largest absolute Gasteiger partial charge is 0.495 e. The number of aliphatic hydroxyl groups excluding tert-OH is 1. The van der Waals surface area contributed by atoms with Crippen LogP contribution in [0.3, 0.4) is 0 Å². The van der Waals surface area contributed by atoms with Gasteiger partial charge >= 0.3 is 0 Å². The van der Waals surface area contributed by atoms with Crippen molar-refractivity contribution in [3.63, 3.8) is 0 Å². The van der Waals surface area contributed by atoms with Gasteiger partial charge in [0.2, 0.25) is 0 Å². The zero-order valence-corrected chi connectivity index (χ0v) is 12.1. The lowest BCUT2D eigenvalue weighted by atomic mass is 9.98. The summed E-state index contributed by atoms with van der Waals surface area (Å²) in [4.78, 5) is 0. The van der Waals surface area contributed by atoms with Crippen molar-refractivity contribution in [3.05, 3.63) is 22.2 Å². The van der Waals surface area contributed by atoms with E-state index >= 15 is 0 Å². The quantitative estimate of drug-likeness (QED) is 0.874. The minimum absolute atomic E-state index is 0.334. The first kappa shape index (κ1) is 13.6. The van der Waals surface area contributed by atoms with Gasteiger partial charge in [0.15, 0.2) is 0 Å². The van der Waals surface area contributed by atoms with Gasteiger partial charge in [-0.1, -0.05) is 0 Å². The smallest absolute Gasteiger partial charge is 0.137 e. The van der Waals surface area contributed by atoms with Gasteiger partial charge in [0, 0.05) is 0 Å². The van der Waals surface area contributed by atoms with E-state index in [0.29, 0.717) is 17.4 Å². The number of methoxy groups -OCH3 is 2. The van der Waals surface area contributed by atoms with E-state index in [1.807, 2.05) is 12.1 Å². The van der Waals surface area contributed by atoms with Gasteiger partial charge in [-0.05, 0) is 52.4 Å². The number of halogens is 1. The SMILES string of the molecule is COc1cc([C@@H](N)[C@@H](O)C2CC2)cc(OC)c1Br. The van der Waals surface area contributed by atoms with Crippen LogP contribution in [0.15, 0.2) is 16.6 Å². The molecule has 0 radical (unpaired) electrons. The van der Waals surface area contributed by atoms with Gasteiger partial charge in [0.05, 0.1) is 26.4 Å². The molecule has 0 spiro atoms. The predicted molar refractivity (Wildman–Crippen MR) is 72.9 cm³/mol. The molecule has 1 aromatic rings. The van der Waals surface area contributed by atoms with E-state index in [1.165, 1.54) is 0 Å². The molecule has 2 atom stereocenters. The molecule has 2 rings (SSSR count). The van der Waals surface area contributed by atoms with Crippen molar-refractivity contribution in [3.8, 4) is 11.5 Å². The highest BCUT2D eigenvalue weighted by Gasteiger charge is 2.34. The monoisotopic (exact) mass is 315 g/mol. The molecule has 1 aromatic carbocycles. The van der Waals surface area contributed by atoms with E-state index in [1.54, 1.807) is 14.2 Å². The zero-order chi connectivity index (χ0) is 13.3. The van der Waals surface area contributed by atoms with Crippen LogP contribution in [-0.4, -0.2) is 25.4 Å². The van der Waals surface area contributed by atoms with E-state index in [2.05, 4.69) is 15.9 Å². The highest BCUT2D eigenvalue weighted by Crippen LogP contribution is 2.41. The zero-order valence-electron chi connectivity index (χ0n) is 10.5. The topological polar surface area (TPSA) is 64.7 Å². The Kier molecular flexibility index (Phi) is 4.14. The number of nitrogens with two attached hydrogens (primary N) is 1. The van der Waals surface area contributed by atoms with Gasteiger partial charge < -0.3 is 20.3 Å². The molecule has 0 heterocycles. The van der Waals surface area contributed by atoms with Gasteiger partial charge in [-0.15, -0.1) is 0 Å². The molecule has 0 aliphatic heterocycles. The number of hydrogen-bond acceptors (Lipinski definition) is 4.